The van der Waals surface area contributed by atoms with E-state index in [0.29, 0.717) is 5.39 Å². The molecule has 1 aromatic heterocycles. The molecule has 3 N–H and O–H groups in total. The Labute approximate surface area is 126 Å². The van der Waals surface area contributed by atoms with E-state index >= 15 is 0 Å². The predicted molar refractivity (Wildman–Crippen MR) is 86.3 cm³/mol. The summed E-state index contributed by atoms with van der Waals surface area (Å²) in [5.41, 5.74) is 0.752. The number of aromatic nitrogens is 2. The van der Waals surface area contributed by atoms with Crippen LogP contribution >= 0.6 is 0 Å². The summed E-state index contributed by atoms with van der Waals surface area (Å²) in [6.45, 7) is 5.46. The van der Waals surface area contributed by atoms with E-state index in [1.165, 1.54) is 25.7 Å². The van der Waals surface area contributed by atoms with E-state index < -0.39 is 0 Å². The van der Waals surface area contributed by atoms with Gasteiger partial charge in [0.25, 0.3) is 5.56 Å². The lowest BCUT2D eigenvalue weighted by Gasteiger charge is -2.13. The number of rotatable bonds is 8. The third-order valence-corrected chi connectivity index (χ3v) is 3.93. The Bertz CT molecular complexity index is 621. The molecular weight excluding hydrogens is 262 g/mol. The molecule has 0 aliphatic carbocycles. The number of fused-ring (bicyclic) bond motifs is 1. The highest BCUT2D eigenvalue weighted by molar-refractivity contribution is 5.77. The third kappa shape index (κ3) is 4.14. The molecule has 0 radical (unpaired) electrons. The molecule has 114 valence electrons. The minimum absolute atomic E-state index is 0.0339. The van der Waals surface area contributed by atoms with Gasteiger partial charge in [-0.15, -0.1) is 0 Å². The summed E-state index contributed by atoms with van der Waals surface area (Å²) in [6.07, 6.45) is 6.04. The molecule has 0 unspecified atom stereocenters. The predicted octanol–water partition coefficient (Wildman–Crippen LogP) is 2.52. The summed E-state index contributed by atoms with van der Waals surface area (Å²) < 4.78 is 0. The molecule has 1 heterocycles. The summed E-state index contributed by atoms with van der Waals surface area (Å²) in [5.74, 6) is 0.802. The van der Waals surface area contributed by atoms with Crippen molar-refractivity contribution in [2.24, 2.45) is 0 Å². The number of quaternary nitrogens is 1. The van der Waals surface area contributed by atoms with E-state index in [1.807, 2.05) is 24.3 Å². The molecule has 0 saturated carbocycles. The van der Waals surface area contributed by atoms with Gasteiger partial charge in [-0.25, -0.2) is 4.98 Å². The van der Waals surface area contributed by atoms with Crippen LogP contribution in [-0.4, -0.2) is 16.5 Å². The molecule has 0 fully saturated rings. The molecule has 2 aromatic rings. The first-order valence-corrected chi connectivity index (χ1v) is 8.08. The first kappa shape index (κ1) is 15.7. The van der Waals surface area contributed by atoms with Crippen molar-refractivity contribution in [3.05, 3.63) is 40.4 Å². The second-order valence-electron chi connectivity index (χ2n) is 5.57. The second kappa shape index (κ2) is 7.93. The van der Waals surface area contributed by atoms with Crippen LogP contribution in [-0.2, 0) is 0 Å². The SMILES string of the molecule is CCCCCC[NH2+][C@H](CC)c1nc2ccccc2c(=O)[nH]1. The minimum Gasteiger partial charge on any atom is -0.338 e. The van der Waals surface area contributed by atoms with Crippen LogP contribution in [0.4, 0.5) is 0 Å². The van der Waals surface area contributed by atoms with Gasteiger partial charge in [0.2, 0.25) is 0 Å². The monoisotopic (exact) mass is 288 g/mol. The normalized spacial score (nSPS) is 12.7. The zero-order valence-corrected chi connectivity index (χ0v) is 13.1. The van der Waals surface area contributed by atoms with Gasteiger partial charge in [-0.2, -0.15) is 0 Å². The number of H-pyrrole nitrogens is 1. The fourth-order valence-electron chi connectivity index (χ4n) is 2.64. The van der Waals surface area contributed by atoms with Crippen LogP contribution in [0.3, 0.4) is 0 Å². The lowest BCUT2D eigenvalue weighted by Crippen LogP contribution is -2.85. The Morgan fingerprint density at radius 2 is 2.00 bits per heavy atom. The van der Waals surface area contributed by atoms with Crippen molar-refractivity contribution in [2.45, 2.75) is 52.0 Å². The number of para-hydroxylation sites is 1. The van der Waals surface area contributed by atoms with Gasteiger partial charge in [0.15, 0.2) is 5.82 Å². The maximum atomic E-state index is 12.1. The van der Waals surface area contributed by atoms with E-state index in [-0.39, 0.29) is 11.6 Å². The van der Waals surface area contributed by atoms with Crippen LogP contribution in [0.25, 0.3) is 10.9 Å². The Morgan fingerprint density at radius 3 is 2.76 bits per heavy atom. The van der Waals surface area contributed by atoms with Crippen molar-refractivity contribution in [1.29, 1.82) is 0 Å². The second-order valence-corrected chi connectivity index (χ2v) is 5.57. The molecule has 21 heavy (non-hydrogen) atoms. The van der Waals surface area contributed by atoms with E-state index in [2.05, 4.69) is 29.1 Å². The van der Waals surface area contributed by atoms with E-state index in [0.717, 1.165) is 24.3 Å². The summed E-state index contributed by atoms with van der Waals surface area (Å²) in [7, 11) is 0. The number of nitrogens with one attached hydrogen (secondary N) is 1. The average Bonchev–Trinajstić information content (AvgIpc) is 2.51. The number of hydrogen-bond acceptors (Lipinski definition) is 2. The van der Waals surface area contributed by atoms with Gasteiger partial charge in [-0.05, 0) is 25.0 Å². The van der Waals surface area contributed by atoms with Gasteiger partial charge < -0.3 is 10.3 Å². The third-order valence-electron chi connectivity index (χ3n) is 3.93. The largest absolute Gasteiger partial charge is 0.338 e. The molecule has 4 heteroatoms. The fourth-order valence-corrected chi connectivity index (χ4v) is 2.64. The summed E-state index contributed by atoms with van der Waals surface area (Å²) in [6, 6.07) is 7.76. The van der Waals surface area contributed by atoms with Crippen molar-refractivity contribution in [1.82, 2.24) is 9.97 Å². The molecule has 0 amide bonds. The van der Waals surface area contributed by atoms with Crippen LogP contribution in [0.1, 0.15) is 57.8 Å². The Balaban J connectivity index is 2.09. The Kier molecular flexibility index (Phi) is 5.93. The first-order valence-electron chi connectivity index (χ1n) is 8.08. The maximum absolute atomic E-state index is 12.1. The van der Waals surface area contributed by atoms with Gasteiger partial charge in [0, 0.05) is 6.42 Å². The zero-order valence-electron chi connectivity index (χ0n) is 13.1. The number of nitrogens with zero attached hydrogens (tertiary/aromatic N) is 1. The molecule has 1 atom stereocenters. The molecule has 2 rings (SSSR count). The van der Waals surface area contributed by atoms with E-state index in [1.54, 1.807) is 0 Å². The summed E-state index contributed by atoms with van der Waals surface area (Å²) >= 11 is 0. The van der Waals surface area contributed by atoms with Crippen molar-refractivity contribution in [3.8, 4) is 0 Å². The quantitative estimate of drug-likeness (QED) is 0.733. The van der Waals surface area contributed by atoms with Crippen molar-refractivity contribution < 1.29 is 5.32 Å². The van der Waals surface area contributed by atoms with Crippen LogP contribution in [0.2, 0.25) is 0 Å². The Hall–Kier alpha value is -1.68. The molecule has 4 nitrogen and oxygen atoms in total. The topological polar surface area (TPSA) is 62.4 Å². The number of unbranched alkanes of at least 4 members (excludes halogenated alkanes) is 3. The van der Waals surface area contributed by atoms with Crippen molar-refractivity contribution in [3.63, 3.8) is 0 Å². The number of benzene rings is 1. The van der Waals surface area contributed by atoms with Crippen LogP contribution in [0.5, 0.6) is 0 Å². The van der Waals surface area contributed by atoms with Crippen LogP contribution < -0.4 is 10.9 Å². The van der Waals surface area contributed by atoms with Gasteiger partial charge in [-0.3, -0.25) is 4.79 Å². The molecule has 0 aliphatic heterocycles. The highest BCUT2D eigenvalue weighted by atomic mass is 16.1. The van der Waals surface area contributed by atoms with Gasteiger partial charge in [0.1, 0.15) is 6.04 Å². The Morgan fingerprint density at radius 1 is 1.19 bits per heavy atom. The van der Waals surface area contributed by atoms with Gasteiger partial charge in [0.05, 0.1) is 17.4 Å². The minimum atomic E-state index is -0.0339. The highest BCUT2D eigenvalue weighted by Crippen LogP contribution is 2.10. The maximum Gasteiger partial charge on any atom is 0.258 e. The van der Waals surface area contributed by atoms with Gasteiger partial charge in [-0.1, -0.05) is 38.8 Å². The molecule has 0 spiro atoms. The first-order chi connectivity index (χ1) is 10.3. The molecular formula is C17H26N3O+. The summed E-state index contributed by atoms with van der Waals surface area (Å²) in [4.78, 5) is 19.7. The van der Waals surface area contributed by atoms with Crippen molar-refractivity contribution in [2.75, 3.05) is 6.54 Å². The lowest BCUT2D eigenvalue weighted by atomic mass is 10.1. The number of aromatic amines is 1. The fraction of sp³-hybridized carbons (Fsp3) is 0.529. The average molecular weight is 288 g/mol. The number of hydrogen-bond donors (Lipinski definition) is 2. The number of nitrogens with two attached hydrogens (primary N) is 1. The highest BCUT2D eigenvalue weighted by Gasteiger charge is 2.16. The molecule has 0 bridgehead atoms. The van der Waals surface area contributed by atoms with Crippen molar-refractivity contribution >= 4 is 10.9 Å². The van der Waals surface area contributed by atoms with E-state index in [9.17, 15) is 4.79 Å². The van der Waals surface area contributed by atoms with E-state index in [4.69, 9.17) is 0 Å². The summed E-state index contributed by atoms with van der Waals surface area (Å²) in [5, 5.41) is 2.97. The van der Waals surface area contributed by atoms with Crippen LogP contribution in [0, 0.1) is 0 Å². The lowest BCUT2D eigenvalue weighted by molar-refractivity contribution is -0.697. The molecule has 0 aliphatic rings. The zero-order chi connectivity index (χ0) is 15.1. The standard InChI is InChI=1S/C17H25N3O/c1-3-5-6-9-12-18-14(4-2)16-19-15-11-8-7-10-13(15)17(21)20-16/h7-8,10-11,14,18H,3-6,9,12H2,1-2H3,(H,19,20,21)/p+1/t14-/m1/s1. The van der Waals surface area contributed by atoms with Gasteiger partial charge >= 0.3 is 0 Å². The molecule has 1 aromatic carbocycles. The van der Waals surface area contributed by atoms with Crippen LogP contribution in [0.15, 0.2) is 29.1 Å². The molecule has 0 saturated heterocycles. The smallest absolute Gasteiger partial charge is 0.258 e.